The lowest BCUT2D eigenvalue weighted by Gasteiger charge is -2.08. The van der Waals surface area contributed by atoms with Gasteiger partial charge in [-0.2, -0.15) is 5.10 Å². The lowest BCUT2D eigenvalue weighted by molar-refractivity contribution is 0.575. The van der Waals surface area contributed by atoms with Gasteiger partial charge >= 0.3 is 0 Å². The van der Waals surface area contributed by atoms with Crippen LogP contribution in [-0.2, 0) is 16.6 Å². The van der Waals surface area contributed by atoms with Crippen molar-refractivity contribution < 1.29 is 8.42 Å². The van der Waals surface area contributed by atoms with Crippen LogP contribution in [0.1, 0.15) is 16.8 Å². The lowest BCUT2D eigenvalue weighted by atomic mass is 10.2. The van der Waals surface area contributed by atoms with Crippen LogP contribution >= 0.6 is 0 Å². The summed E-state index contributed by atoms with van der Waals surface area (Å²) >= 11 is 0. The van der Waals surface area contributed by atoms with E-state index in [0.717, 1.165) is 16.8 Å². The highest BCUT2D eigenvalue weighted by Gasteiger charge is 2.12. The van der Waals surface area contributed by atoms with Crippen molar-refractivity contribution in [3.8, 4) is 0 Å². The van der Waals surface area contributed by atoms with Crippen LogP contribution in [0.3, 0.4) is 0 Å². The Morgan fingerprint density at radius 1 is 1.14 bits per heavy atom. The molecule has 6 nitrogen and oxygen atoms in total. The SMILES string of the molecule is Cc1ccc(S(=O)(=O)NCCNCc2cn[nH]c2C)cc1. The summed E-state index contributed by atoms with van der Waals surface area (Å²) in [4.78, 5) is 0.291. The van der Waals surface area contributed by atoms with Crippen LogP contribution in [0.4, 0.5) is 0 Å². The lowest BCUT2D eigenvalue weighted by Crippen LogP contribution is -2.31. The maximum Gasteiger partial charge on any atom is 0.240 e. The second-order valence-electron chi connectivity index (χ2n) is 4.91. The maximum atomic E-state index is 12.0. The molecule has 0 spiro atoms. The van der Waals surface area contributed by atoms with E-state index >= 15 is 0 Å². The van der Waals surface area contributed by atoms with E-state index in [4.69, 9.17) is 0 Å². The number of sulfonamides is 1. The zero-order valence-electron chi connectivity index (χ0n) is 12.2. The van der Waals surface area contributed by atoms with Gasteiger partial charge in [-0.3, -0.25) is 5.10 Å². The summed E-state index contributed by atoms with van der Waals surface area (Å²) in [6.07, 6.45) is 1.76. The van der Waals surface area contributed by atoms with Gasteiger partial charge in [0.2, 0.25) is 10.0 Å². The largest absolute Gasteiger partial charge is 0.311 e. The predicted octanol–water partition coefficient (Wildman–Crippen LogP) is 1.09. The molecule has 0 radical (unpaired) electrons. The van der Waals surface area contributed by atoms with Crippen LogP contribution in [0, 0.1) is 13.8 Å². The molecule has 114 valence electrons. The molecule has 0 atom stereocenters. The molecule has 21 heavy (non-hydrogen) atoms. The standard InChI is InChI=1S/C14H20N4O2S/c1-11-3-5-14(6-4-11)21(19,20)17-8-7-15-9-13-10-16-18-12(13)2/h3-6,10,15,17H,7-9H2,1-2H3,(H,16,18). The molecular weight excluding hydrogens is 288 g/mol. The van der Waals surface area contributed by atoms with Crippen molar-refractivity contribution >= 4 is 10.0 Å². The molecule has 0 saturated carbocycles. The summed E-state index contributed by atoms with van der Waals surface area (Å²) < 4.78 is 26.6. The minimum Gasteiger partial charge on any atom is -0.311 e. The molecule has 7 heteroatoms. The Morgan fingerprint density at radius 2 is 1.86 bits per heavy atom. The number of benzene rings is 1. The molecule has 0 bridgehead atoms. The van der Waals surface area contributed by atoms with E-state index in [0.29, 0.717) is 24.5 Å². The number of hydrogen-bond donors (Lipinski definition) is 3. The molecule has 0 fully saturated rings. The molecule has 0 aliphatic heterocycles. The maximum absolute atomic E-state index is 12.0. The van der Waals surface area contributed by atoms with E-state index in [9.17, 15) is 8.42 Å². The second-order valence-corrected chi connectivity index (χ2v) is 6.67. The molecule has 3 N–H and O–H groups in total. The third-order valence-electron chi connectivity index (χ3n) is 3.17. The third-order valence-corrected chi connectivity index (χ3v) is 4.65. The van der Waals surface area contributed by atoms with Gasteiger partial charge in [0.1, 0.15) is 0 Å². The van der Waals surface area contributed by atoms with E-state index < -0.39 is 10.0 Å². The van der Waals surface area contributed by atoms with Gasteiger partial charge < -0.3 is 5.32 Å². The van der Waals surface area contributed by atoms with Gasteiger partial charge in [0.25, 0.3) is 0 Å². The first-order valence-electron chi connectivity index (χ1n) is 6.75. The predicted molar refractivity (Wildman–Crippen MR) is 81.4 cm³/mol. The summed E-state index contributed by atoms with van der Waals surface area (Å²) in [5.41, 5.74) is 3.13. The zero-order chi connectivity index (χ0) is 15.3. The Bertz CT molecular complexity index is 677. The number of hydrogen-bond acceptors (Lipinski definition) is 4. The highest BCUT2D eigenvalue weighted by atomic mass is 32.2. The van der Waals surface area contributed by atoms with Gasteiger partial charge in [0.05, 0.1) is 11.1 Å². The number of aromatic amines is 1. The van der Waals surface area contributed by atoms with Gasteiger partial charge in [0.15, 0.2) is 0 Å². The van der Waals surface area contributed by atoms with Crippen molar-refractivity contribution in [3.05, 3.63) is 47.3 Å². The topological polar surface area (TPSA) is 86.9 Å². The van der Waals surface area contributed by atoms with Gasteiger partial charge in [-0.15, -0.1) is 0 Å². The Hall–Kier alpha value is -1.70. The van der Waals surface area contributed by atoms with Crippen molar-refractivity contribution in [3.63, 3.8) is 0 Å². The molecule has 0 amide bonds. The second kappa shape index (κ2) is 6.84. The van der Waals surface area contributed by atoms with Crippen LogP contribution in [0.15, 0.2) is 35.4 Å². The number of aryl methyl sites for hydroxylation is 2. The smallest absolute Gasteiger partial charge is 0.240 e. The van der Waals surface area contributed by atoms with Crippen molar-refractivity contribution in [1.29, 1.82) is 0 Å². The van der Waals surface area contributed by atoms with Crippen LogP contribution in [-0.4, -0.2) is 31.7 Å². The first kappa shape index (κ1) is 15.7. The highest BCUT2D eigenvalue weighted by molar-refractivity contribution is 7.89. The molecule has 1 aromatic carbocycles. The normalized spacial score (nSPS) is 11.7. The third kappa shape index (κ3) is 4.38. The summed E-state index contributed by atoms with van der Waals surface area (Å²) in [5.74, 6) is 0. The molecular formula is C14H20N4O2S. The van der Waals surface area contributed by atoms with Crippen LogP contribution in [0.5, 0.6) is 0 Å². The molecule has 1 aromatic heterocycles. The molecule has 0 saturated heterocycles. The Balaban J connectivity index is 1.77. The first-order chi connectivity index (χ1) is 9.99. The Labute approximate surface area is 125 Å². The molecule has 2 rings (SSSR count). The Morgan fingerprint density at radius 3 is 2.48 bits per heavy atom. The van der Waals surface area contributed by atoms with E-state index in [1.165, 1.54) is 0 Å². The van der Waals surface area contributed by atoms with E-state index in [1.807, 2.05) is 13.8 Å². The van der Waals surface area contributed by atoms with E-state index in [1.54, 1.807) is 30.5 Å². The average molecular weight is 308 g/mol. The molecule has 0 unspecified atom stereocenters. The number of aromatic nitrogens is 2. The fourth-order valence-corrected chi connectivity index (χ4v) is 2.88. The number of rotatable bonds is 7. The zero-order valence-corrected chi connectivity index (χ0v) is 13.0. The van der Waals surface area contributed by atoms with Gasteiger partial charge in [-0.25, -0.2) is 13.1 Å². The number of H-pyrrole nitrogens is 1. The van der Waals surface area contributed by atoms with Crippen molar-refractivity contribution in [2.75, 3.05) is 13.1 Å². The molecule has 1 heterocycles. The van der Waals surface area contributed by atoms with Crippen molar-refractivity contribution in [2.24, 2.45) is 0 Å². The summed E-state index contributed by atoms with van der Waals surface area (Å²) in [5, 5.41) is 9.96. The quantitative estimate of drug-likeness (QED) is 0.668. The fourth-order valence-electron chi connectivity index (χ4n) is 1.85. The van der Waals surface area contributed by atoms with Crippen molar-refractivity contribution in [1.82, 2.24) is 20.2 Å². The van der Waals surface area contributed by atoms with E-state index in [-0.39, 0.29) is 0 Å². The highest BCUT2D eigenvalue weighted by Crippen LogP contribution is 2.09. The summed E-state index contributed by atoms with van der Waals surface area (Å²) in [6.45, 7) is 5.42. The average Bonchev–Trinajstić information content (AvgIpc) is 2.84. The van der Waals surface area contributed by atoms with Crippen molar-refractivity contribution in [2.45, 2.75) is 25.3 Å². The minimum atomic E-state index is -3.43. The van der Waals surface area contributed by atoms with E-state index in [2.05, 4.69) is 20.2 Å². The molecule has 2 aromatic rings. The van der Waals surface area contributed by atoms with Crippen LogP contribution in [0.25, 0.3) is 0 Å². The molecule has 0 aliphatic rings. The van der Waals surface area contributed by atoms with Gasteiger partial charge in [0, 0.05) is 30.9 Å². The number of nitrogens with zero attached hydrogens (tertiary/aromatic N) is 1. The monoisotopic (exact) mass is 308 g/mol. The van der Waals surface area contributed by atoms with Crippen LogP contribution < -0.4 is 10.0 Å². The van der Waals surface area contributed by atoms with Gasteiger partial charge in [-0.1, -0.05) is 17.7 Å². The summed E-state index contributed by atoms with van der Waals surface area (Å²) in [7, 11) is -3.43. The first-order valence-corrected chi connectivity index (χ1v) is 8.23. The Kier molecular flexibility index (Phi) is 5.11. The fraction of sp³-hybridized carbons (Fsp3) is 0.357. The van der Waals surface area contributed by atoms with Crippen LogP contribution in [0.2, 0.25) is 0 Å². The number of nitrogens with one attached hydrogen (secondary N) is 3. The van der Waals surface area contributed by atoms with Gasteiger partial charge in [-0.05, 0) is 26.0 Å². The summed E-state index contributed by atoms with van der Waals surface area (Å²) in [6, 6.07) is 6.79. The molecule has 0 aliphatic carbocycles. The minimum absolute atomic E-state index is 0.291.